The number of amides is 1. The number of nitrogens with one attached hydrogen (secondary N) is 1. The van der Waals surface area contributed by atoms with Crippen LogP contribution in [0.15, 0.2) is 55.0 Å². The average Bonchev–Trinajstić information content (AvgIpc) is 3.06. The third-order valence-corrected chi connectivity index (χ3v) is 4.82. The Morgan fingerprint density at radius 2 is 1.81 bits per heavy atom. The number of aromatic nitrogens is 3. The van der Waals surface area contributed by atoms with Crippen LogP contribution in [-0.2, 0) is 6.54 Å². The van der Waals surface area contributed by atoms with Gasteiger partial charge in [-0.2, -0.15) is 0 Å². The molecule has 0 saturated heterocycles. The second-order valence-electron chi connectivity index (χ2n) is 6.57. The van der Waals surface area contributed by atoms with Crippen LogP contribution in [0, 0.1) is 0 Å². The number of carbonyl (C=O) groups excluding carboxylic acids is 1. The van der Waals surface area contributed by atoms with Gasteiger partial charge in [-0.15, -0.1) is 0 Å². The molecule has 3 heterocycles. The smallest absolute Gasteiger partial charge is 0.254 e. The maximum atomic E-state index is 12.4. The number of carbonyl (C=O) groups is 1. The van der Waals surface area contributed by atoms with E-state index in [1.807, 2.05) is 61.5 Å². The molecule has 1 aliphatic heterocycles. The third-order valence-electron chi connectivity index (χ3n) is 4.82. The molecule has 136 valence electrons. The van der Waals surface area contributed by atoms with E-state index in [9.17, 15) is 4.79 Å². The monoisotopic (exact) mass is 359 g/mol. The molecule has 6 nitrogen and oxygen atoms in total. The molecule has 1 aromatic carbocycles. The van der Waals surface area contributed by atoms with E-state index in [0.717, 1.165) is 28.1 Å². The average molecular weight is 359 g/mol. The van der Waals surface area contributed by atoms with Crippen LogP contribution in [0.5, 0.6) is 0 Å². The van der Waals surface area contributed by atoms with Crippen LogP contribution >= 0.6 is 0 Å². The Morgan fingerprint density at radius 3 is 2.52 bits per heavy atom. The van der Waals surface area contributed by atoms with Crippen molar-refractivity contribution in [2.75, 3.05) is 11.9 Å². The van der Waals surface area contributed by atoms with Crippen molar-refractivity contribution in [3.05, 3.63) is 71.9 Å². The van der Waals surface area contributed by atoms with E-state index in [4.69, 9.17) is 0 Å². The Labute approximate surface area is 158 Å². The maximum Gasteiger partial charge on any atom is 0.254 e. The van der Waals surface area contributed by atoms with Gasteiger partial charge >= 0.3 is 0 Å². The van der Waals surface area contributed by atoms with Gasteiger partial charge in [0.25, 0.3) is 5.91 Å². The predicted octanol–water partition coefficient (Wildman–Crippen LogP) is 3.69. The van der Waals surface area contributed by atoms with Gasteiger partial charge in [0.2, 0.25) is 0 Å². The van der Waals surface area contributed by atoms with Crippen molar-refractivity contribution in [1.29, 1.82) is 0 Å². The van der Waals surface area contributed by atoms with Gasteiger partial charge in [-0.05, 0) is 25.5 Å². The van der Waals surface area contributed by atoms with Crippen molar-refractivity contribution in [2.24, 2.45) is 0 Å². The first-order valence-corrected chi connectivity index (χ1v) is 9.08. The first kappa shape index (κ1) is 17.1. The molecule has 27 heavy (non-hydrogen) atoms. The highest BCUT2D eigenvalue weighted by atomic mass is 16.2. The highest BCUT2D eigenvalue weighted by molar-refractivity contribution is 5.99. The molecule has 0 saturated carbocycles. The van der Waals surface area contributed by atoms with Crippen molar-refractivity contribution < 1.29 is 4.79 Å². The van der Waals surface area contributed by atoms with Crippen molar-refractivity contribution in [2.45, 2.75) is 26.4 Å². The molecule has 1 atom stereocenters. The summed E-state index contributed by atoms with van der Waals surface area (Å²) in [4.78, 5) is 27.6. The van der Waals surface area contributed by atoms with Gasteiger partial charge < -0.3 is 10.2 Å². The third kappa shape index (κ3) is 3.26. The van der Waals surface area contributed by atoms with Crippen molar-refractivity contribution in [1.82, 2.24) is 19.9 Å². The fourth-order valence-electron chi connectivity index (χ4n) is 3.28. The van der Waals surface area contributed by atoms with Gasteiger partial charge in [-0.1, -0.05) is 30.3 Å². The normalized spacial score (nSPS) is 14.1. The lowest BCUT2D eigenvalue weighted by molar-refractivity contribution is 0.0787. The van der Waals surface area contributed by atoms with Gasteiger partial charge in [0.1, 0.15) is 11.6 Å². The van der Waals surface area contributed by atoms with E-state index < -0.39 is 0 Å². The molecule has 2 aromatic heterocycles. The van der Waals surface area contributed by atoms with Crippen LogP contribution in [-0.4, -0.2) is 32.3 Å². The topological polar surface area (TPSA) is 71.0 Å². The molecule has 1 amide bonds. The first-order chi connectivity index (χ1) is 13.2. The summed E-state index contributed by atoms with van der Waals surface area (Å²) in [6.07, 6.45) is 5.34. The number of nitrogens with zero attached hydrogens (tertiary/aromatic N) is 4. The minimum atomic E-state index is -0.125. The largest absolute Gasteiger partial charge is 0.360 e. The molecule has 1 N–H and O–H groups in total. The number of fused-ring (bicyclic) bond motifs is 1. The van der Waals surface area contributed by atoms with E-state index in [0.29, 0.717) is 18.9 Å². The number of rotatable bonds is 5. The molecule has 3 aromatic rings. The molecular weight excluding hydrogens is 338 g/mol. The second-order valence-corrected chi connectivity index (χ2v) is 6.57. The van der Waals surface area contributed by atoms with E-state index in [-0.39, 0.29) is 11.9 Å². The maximum absolute atomic E-state index is 12.4. The van der Waals surface area contributed by atoms with Crippen LogP contribution in [0.3, 0.4) is 0 Å². The van der Waals surface area contributed by atoms with Gasteiger partial charge in [-0.25, -0.2) is 15.0 Å². The van der Waals surface area contributed by atoms with E-state index in [1.165, 1.54) is 0 Å². The zero-order valence-corrected chi connectivity index (χ0v) is 15.4. The summed E-state index contributed by atoms with van der Waals surface area (Å²) in [6.45, 7) is 5.25. The van der Waals surface area contributed by atoms with E-state index in [1.54, 1.807) is 12.3 Å². The molecule has 0 bridgehead atoms. The summed E-state index contributed by atoms with van der Waals surface area (Å²) < 4.78 is 0. The number of benzene rings is 1. The van der Waals surface area contributed by atoms with Gasteiger partial charge in [0.15, 0.2) is 0 Å². The minimum Gasteiger partial charge on any atom is -0.360 e. The summed E-state index contributed by atoms with van der Waals surface area (Å²) in [5.41, 5.74) is 3.74. The van der Waals surface area contributed by atoms with Crippen molar-refractivity contribution in [3.63, 3.8) is 0 Å². The Balaban J connectivity index is 1.54. The van der Waals surface area contributed by atoms with Gasteiger partial charge in [0, 0.05) is 41.8 Å². The Morgan fingerprint density at radius 1 is 1.07 bits per heavy atom. The Kier molecular flexibility index (Phi) is 4.54. The fraction of sp³-hybridized carbons (Fsp3) is 0.238. The predicted molar refractivity (Wildman–Crippen MR) is 104 cm³/mol. The first-order valence-electron chi connectivity index (χ1n) is 9.08. The highest BCUT2D eigenvalue weighted by Crippen LogP contribution is 2.29. The molecule has 0 radical (unpaired) electrons. The zero-order chi connectivity index (χ0) is 18.8. The van der Waals surface area contributed by atoms with E-state index in [2.05, 4.69) is 20.3 Å². The number of pyridine rings is 1. The lowest BCUT2D eigenvalue weighted by Gasteiger charge is -2.16. The lowest BCUT2D eigenvalue weighted by atomic mass is 10.1. The molecule has 4 rings (SSSR count). The SMILES string of the molecule is CCN1Cc2c(ccnc2N[C@@H](C)c2ncc(-c3ccccc3)cn2)C1=O. The van der Waals surface area contributed by atoms with Crippen molar-refractivity contribution >= 4 is 11.7 Å². The summed E-state index contributed by atoms with van der Waals surface area (Å²) in [5.74, 6) is 1.47. The van der Waals surface area contributed by atoms with Crippen LogP contribution < -0.4 is 5.32 Å². The minimum absolute atomic E-state index is 0.0640. The molecule has 0 spiro atoms. The number of anilines is 1. The highest BCUT2D eigenvalue weighted by Gasteiger charge is 2.29. The zero-order valence-electron chi connectivity index (χ0n) is 15.4. The Bertz CT molecular complexity index is 956. The number of hydrogen-bond acceptors (Lipinski definition) is 5. The summed E-state index contributed by atoms with van der Waals surface area (Å²) in [5, 5.41) is 3.37. The van der Waals surface area contributed by atoms with Crippen LogP contribution in [0.4, 0.5) is 5.82 Å². The summed E-state index contributed by atoms with van der Waals surface area (Å²) >= 11 is 0. The quantitative estimate of drug-likeness (QED) is 0.752. The molecular formula is C21H21N5O. The molecule has 0 aliphatic carbocycles. The molecule has 0 unspecified atom stereocenters. The molecule has 6 heteroatoms. The Hall–Kier alpha value is -3.28. The van der Waals surface area contributed by atoms with E-state index >= 15 is 0 Å². The lowest BCUT2D eigenvalue weighted by Crippen LogP contribution is -2.22. The molecule has 0 fully saturated rings. The van der Waals surface area contributed by atoms with Gasteiger partial charge in [0.05, 0.1) is 12.6 Å². The number of hydrogen-bond donors (Lipinski definition) is 1. The fourth-order valence-corrected chi connectivity index (χ4v) is 3.28. The standard InChI is InChI=1S/C21H21N5O/c1-3-26-13-18-17(21(26)27)9-10-22-20(18)25-14(2)19-23-11-16(12-24-19)15-7-5-4-6-8-15/h4-12,14H,3,13H2,1-2H3,(H,22,25)/t14-/m0/s1. The summed E-state index contributed by atoms with van der Waals surface area (Å²) in [6, 6.07) is 11.7. The summed E-state index contributed by atoms with van der Waals surface area (Å²) in [7, 11) is 0. The van der Waals surface area contributed by atoms with Crippen molar-refractivity contribution in [3.8, 4) is 11.1 Å². The van der Waals surface area contributed by atoms with Crippen LogP contribution in [0.25, 0.3) is 11.1 Å². The van der Waals surface area contributed by atoms with Crippen LogP contribution in [0.2, 0.25) is 0 Å². The second kappa shape index (κ2) is 7.15. The van der Waals surface area contributed by atoms with Gasteiger partial charge in [-0.3, -0.25) is 4.79 Å². The van der Waals surface area contributed by atoms with Crippen LogP contribution in [0.1, 0.15) is 41.6 Å². The molecule has 1 aliphatic rings.